The number of esters is 1. The standard InChI is InChI=1S/C15H31N3O4S/c1-13(2)14(18-9-7-6-8-10-18)15(19)22-12-11-17(5)23(20,21)16(3)4/h13-14H,6-12H2,1-5H3/t14-/m0/s1. The first-order valence-electron chi connectivity index (χ1n) is 8.22. The summed E-state index contributed by atoms with van der Waals surface area (Å²) in [7, 11) is 0.963. The highest BCUT2D eigenvalue weighted by Gasteiger charge is 2.31. The van der Waals surface area contributed by atoms with E-state index in [-0.39, 0.29) is 31.1 Å². The van der Waals surface area contributed by atoms with E-state index in [9.17, 15) is 13.2 Å². The Labute approximate surface area is 140 Å². The lowest BCUT2D eigenvalue weighted by atomic mass is 9.99. The Morgan fingerprint density at radius 3 is 2.17 bits per heavy atom. The highest BCUT2D eigenvalue weighted by atomic mass is 32.2. The predicted octanol–water partition coefficient (Wildman–Crippen LogP) is 0.778. The Kier molecular flexibility index (Phi) is 7.93. The predicted molar refractivity (Wildman–Crippen MR) is 90.2 cm³/mol. The summed E-state index contributed by atoms with van der Waals surface area (Å²) in [5.41, 5.74) is 0. The van der Waals surface area contributed by atoms with Crippen LogP contribution in [0.2, 0.25) is 0 Å². The number of likely N-dealkylation sites (tertiary alicyclic amines) is 1. The van der Waals surface area contributed by atoms with Gasteiger partial charge in [0.1, 0.15) is 12.6 Å². The van der Waals surface area contributed by atoms with Crippen LogP contribution in [0.1, 0.15) is 33.1 Å². The number of nitrogens with zero attached hydrogens (tertiary/aromatic N) is 3. The molecule has 0 aromatic heterocycles. The van der Waals surface area contributed by atoms with E-state index in [1.807, 2.05) is 13.8 Å². The van der Waals surface area contributed by atoms with E-state index in [0.29, 0.717) is 0 Å². The van der Waals surface area contributed by atoms with Crippen LogP contribution in [0.5, 0.6) is 0 Å². The average Bonchev–Trinajstić information content (AvgIpc) is 2.47. The minimum Gasteiger partial charge on any atom is -0.463 e. The van der Waals surface area contributed by atoms with Crippen molar-refractivity contribution in [3.63, 3.8) is 0 Å². The molecule has 1 rings (SSSR count). The largest absolute Gasteiger partial charge is 0.463 e. The fourth-order valence-electron chi connectivity index (χ4n) is 2.79. The molecule has 0 aliphatic carbocycles. The van der Waals surface area contributed by atoms with Crippen LogP contribution in [0.15, 0.2) is 0 Å². The van der Waals surface area contributed by atoms with E-state index in [4.69, 9.17) is 4.74 Å². The molecule has 1 heterocycles. The number of carbonyl (C=O) groups excluding carboxylic acids is 1. The van der Waals surface area contributed by atoms with E-state index in [2.05, 4.69) is 4.90 Å². The van der Waals surface area contributed by atoms with Gasteiger partial charge in [0.05, 0.1) is 0 Å². The first-order chi connectivity index (χ1) is 10.7. The summed E-state index contributed by atoms with van der Waals surface area (Å²) in [6.07, 6.45) is 3.43. The third-order valence-corrected chi connectivity index (χ3v) is 6.06. The Hall–Kier alpha value is -0.700. The SMILES string of the molecule is CC(C)[C@@H](C(=O)OCCN(C)S(=O)(=O)N(C)C)N1CCCCC1. The molecule has 23 heavy (non-hydrogen) atoms. The second kappa shape index (κ2) is 8.96. The number of hydrogen-bond donors (Lipinski definition) is 0. The van der Waals surface area contributed by atoms with E-state index in [1.54, 1.807) is 0 Å². The molecule has 0 unspecified atom stereocenters. The van der Waals surface area contributed by atoms with Crippen LogP contribution in [0, 0.1) is 5.92 Å². The van der Waals surface area contributed by atoms with Gasteiger partial charge in [0, 0.05) is 27.7 Å². The van der Waals surface area contributed by atoms with Crippen LogP contribution < -0.4 is 0 Å². The highest BCUT2D eigenvalue weighted by Crippen LogP contribution is 2.18. The van der Waals surface area contributed by atoms with Crippen molar-refractivity contribution < 1.29 is 17.9 Å². The van der Waals surface area contributed by atoms with Gasteiger partial charge in [-0.3, -0.25) is 9.69 Å². The molecule has 0 radical (unpaired) electrons. The van der Waals surface area contributed by atoms with Crippen LogP contribution in [-0.2, 0) is 19.7 Å². The Bertz CT molecular complexity index is 473. The first-order valence-corrected chi connectivity index (χ1v) is 9.62. The van der Waals surface area contributed by atoms with Crippen molar-refractivity contribution in [3.05, 3.63) is 0 Å². The fraction of sp³-hybridized carbons (Fsp3) is 0.933. The molecule has 1 saturated heterocycles. The molecular weight excluding hydrogens is 318 g/mol. The van der Waals surface area contributed by atoms with Crippen molar-refractivity contribution >= 4 is 16.2 Å². The smallest absolute Gasteiger partial charge is 0.323 e. The van der Waals surface area contributed by atoms with Crippen LogP contribution in [-0.4, -0.2) is 81.3 Å². The molecule has 1 fully saturated rings. The van der Waals surface area contributed by atoms with Gasteiger partial charge in [-0.2, -0.15) is 17.0 Å². The van der Waals surface area contributed by atoms with Crippen molar-refractivity contribution in [1.82, 2.24) is 13.5 Å². The van der Waals surface area contributed by atoms with Crippen LogP contribution >= 0.6 is 0 Å². The molecule has 1 aliphatic heterocycles. The molecule has 0 aromatic rings. The molecule has 1 aliphatic rings. The maximum atomic E-state index is 12.4. The average molecular weight is 349 g/mol. The zero-order chi connectivity index (χ0) is 17.6. The van der Waals surface area contributed by atoms with Gasteiger partial charge in [0.2, 0.25) is 0 Å². The van der Waals surface area contributed by atoms with E-state index in [1.165, 1.54) is 31.9 Å². The molecule has 8 heteroatoms. The minimum absolute atomic E-state index is 0.0689. The van der Waals surface area contributed by atoms with Gasteiger partial charge in [-0.1, -0.05) is 20.3 Å². The summed E-state index contributed by atoms with van der Waals surface area (Å²) in [6.45, 7) is 6.10. The topological polar surface area (TPSA) is 70.2 Å². The van der Waals surface area contributed by atoms with Gasteiger partial charge in [0.25, 0.3) is 10.2 Å². The third-order valence-electron chi connectivity index (χ3n) is 4.16. The molecule has 0 bridgehead atoms. The number of ether oxygens (including phenoxy) is 1. The lowest BCUT2D eigenvalue weighted by molar-refractivity contribution is -0.152. The number of likely N-dealkylation sites (N-methyl/N-ethyl adjacent to an activating group) is 1. The molecule has 0 aromatic carbocycles. The molecule has 0 saturated carbocycles. The summed E-state index contributed by atoms with van der Waals surface area (Å²) in [4.78, 5) is 14.6. The van der Waals surface area contributed by atoms with Crippen LogP contribution in [0.4, 0.5) is 0 Å². The summed E-state index contributed by atoms with van der Waals surface area (Å²) < 4.78 is 31.5. The molecule has 136 valence electrons. The maximum Gasteiger partial charge on any atom is 0.323 e. The van der Waals surface area contributed by atoms with Gasteiger partial charge < -0.3 is 4.74 Å². The summed E-state index contributed by atoms with van der Waals surface area (Å²) in [5.74, 6) is -0.0820. The number of hydrogen-bond acceptors (Lipinski definition) is 5. The summed E-state index contributed by atoms with van der Waals surface area (Å²) in [6, 6.07) is -0.244. The van der Waals surface area contributed by atoms with Gasteiger partial charge in [-0.15, -0.1) is 0 Å². The second-order valence-electron chi connectivity index (χ2n) is 6.56. The van der Waals surface area contributed by atoms with Crippen molar-refractivity contribution in [3.8, 4) is 0 Å². The lowest BCUT2D eigenvalue weighted by Gasteiger charge is -2.35. The van der Waals surface area contributed by atoms with Crippen molar-refractivity contribution in [2.75, 3.05) is 47.4 Å². The monoisotopic (exact) mass is 349 g/mol. The van der Waals surface area contributed by atoms with Crippen molar-refractivity contribution in [1.29, 1.82) is 0 Å². The minimum atomic E-state index is -3.47. The van der Waals surface area contributed by atoms with Crippen molar-refractivity contribution in [2.45, 2.75) is 39.2 Å². The first kappa shape index (κ1) is 20.3. The number of carbonyl (C=O) groups is 1. The Morgan fingerprint density at radius 1 is 1.13 bits per heavy atom. The van der Waals surface area contributed by atoms with E-state index >= 15 is 0 Å². The Morgan fingerprint density at radius 2 is 1.70 bits per heavy atom. The number of rotatable bonds is 8. The van der Waals surface area contributed by atoms with Gasteiger partial charge in [-0.25, -0.2) is 0 Å². The van der Waals surface area contributed by atoms with E-state index < -0.39 is 10.2 Å². The normalized spacial score (nSPS) is 18.6. The summed E-state index contributed by atoms with van der Waals surface area (Å²) >= 11 is 0. The van der Waals surface area contributed by atoms with Gasteiger partial charge in [0.15, 0.2) is 0 Å². The van der Waals surface area contributed by atoms with Crippen LogP contribution in [0.25, 0.3) is 0 Å². The highest BCUT2D eigenvalue weighted by molar-refractivity contribution is 7.86. The van der Waals surface area contributed by atoms with Gasteiger partial charge in [-0.05, 0) is 31.8 Å². The molecule has 0 amide bonds. The molecule has 7 nitrogen and oxygen atoms in total. The zero-order valence-electron chi connectivity index (χ0n) is 15.0. The zero-order valence-corrected chi connectivity index (χ0v) is 15.8. The van der Waals surface area contributed by atoms with Crippen LogP contribution in [0.3, 0.4) is 0 Å². The Balaban J connectivity index is 2.53. The van der Waals surface area contributed by atoms with Gasteiger partial charge >= 0.3 is 5.97 Å². The lowest BCUT2D eigenvalue weighted by Crippen LogP contribution is -2.48. The number of piperidine rings is 1. The molecule has 1 atom stereocenters. The van der Waals surface area contributed by atoms with Crippen molar-refractivity contribution in [2.24, 2.45) is 5.92 Å². The molecule has 0 spiro atoms. The third kappa shape index (κ3) is 5.70. The maximum absolute atomic E-state index is 12.4. The fourth-order valence-corrected chi connectivity index (χ4v) is 3.66. The quantitative estimate of drug-likeness (QED) is 0.606. The second-order valence-corrected chi connectivity index (χ2v) is 8.81. The molecule has 0 N–H and O–H groups in total. The summed E-state index contributed by atoms with van der Waals surface area (Å²) in [5, 5.41) is 0. The molecular formula is C15H31N3O4S. The van der Waals surface area contributed by atoms with E-state index in [0.717, 1.165) is 30.2 Å².